The summed E-state index contributed by atoms with van der Waals surface area (Å²) < 4.78 is 4.61. The number of carbonyl (C=O) groups excluding carboxylic acids is 3. The number of ketones is 1. The minimum absolute atomic E-state index is 0.0222. The van der Waals surface area contributed by atoms with Gasteiger partial charge in [0.15, 0.2) is 11.0 Å². The molecule has 7 nitrogen and oxygen atoms in total. The molecule has 0 spiro atoms. The lowest BCUT2D eigenvalue weighted by molar-refractivity contribution is -0.120. The standard InChI is InChI=1S/C24H27N3O4S/c1-31-24(30)27-23(32-2)26-20-15-18(21(28)16-9-5-3-6-10-16)13-14-19(20)25-22(29)17-11-7-4-8-12-17/h3,5-6,9-10,13-15,17H,4,7-8,11-12H2,1-2H3,(H,25,29)(H,26,27,30). The number of carbonyl (C=O) groups is 3. The summed E-state index contributed by atoms with van der Waals surface area (Å²) >= 11 is 1.22. The lowest BCUT2D eigenvalue weighted by Gasteiger charge is -2.22. The molecule has 0 saturated heterocycles. The van der Waals surface area contributed by atoms with Crippen LogP contribution in [0.4, 0.5) is 16.2 Å². The number of anilines is 2. The molecule has 1 saturated carbocycles. The number of nitrogens with one attached hydrogen (secondary N) is 2. The number of thioether (sulfide) groups is 1. The van der Waals surface area contributed by atoms with Crippen molar-refractivity contribution in [3.63, 3.8) is 0 Å². The van der Waals surface area contributed by atoms with Crippen LogP contribution >= 0.6 is 11.8 Å². The van der Waals surface area contributed by atoms with E-state index in [1.807, 2.05) is 6.07 Å². The van der Waals surface area contributed by atoms with Crippen molar-refractivity contribution in [3.8, 4) is 0 Å². The zero-order chi connectivity index (χ0) is 22.9. The number of nitrogens with zero attached hydrogens (tertiary/aromatic N) is 1. The summed E-state index contributed by atoms with van der Waals surface area (Å²) in [5, 5.41) is 6.34. The Hall–Kier alpha value is -3.13. The Morgan fingerprint density at radius 3 is 2.31 bits per heavy atom. The molecule has 1 aliphatic carbocycles. The molecule has 1 fully saturated rings. The topological polar surface area (TPSA) is 96.9 Å². The number of ether oxygens (including phenoxy) is 1. The zero-order valence-electron chi connectivity index (χ0n) is 18.2. The number of hydrogen-bond acceptors (Lipinski definition) is 5. The lowest BCUT2D eigenvalue weighted by Crippen LogP contribution is -2.25. The van der Waals surface area contributed by atoms with Gasteiger partial charge in [-0.05, 0) is 37.3 Å². The first-order chi connectivity index (χ1) is 15.5. The third kappa shape index (κ3) is 6.20. The Bertz CT molecular complexity index is 1000. The van der Waals surface area contributed by atoms with Crippen molar-refractivity contribution in [2.24, 2.45) is 10.9 Å². The Labute approximate surface area is 192 Å². The van der Waals surface area contributed by atoms with E-state index in [2.05, 4.69) is 20.4 Å². The van der Waals surface area contributed by atoms with Gasteiger partial charge in [-0.25, -0.2) is 4.79 Å². The van der Waals surface area contributed by atoms with Crippen molar-refractivity contribution in [3.05, 3.63) is 59.7 Å². The van der Waals surface area contributed by atoms with E-state index in [0.29, 0.717) is 22.5 Å². The normalized spacial score (nSPS) is 14.5. The smallest absolute Gasteiger partial charge is 0.435 e. The molecule has 0 atom stereocenters. The second-order valence-electron chi connectivity index (χ2n) is 7.50. The highest BCUT2D eigenvalue weighted by molar-refractivity contribution is 8.13. The van der Waals surface area contributed by atoms with Gasteiger partial charge in [-0.15, -0.1) is 0 Å². The van der Waals surface area contributed by atoms with Crippen LogP contribution in [0.2, 0.25) is 0 Å². The van der Waals surface area contributed by atoms with Gasteiger partial charge < -0.3 is 15.4 Å². The Morgan fingerprint density at radius 2 is 1.66 bits per heavy atom. The van der Waals surface area contributed by atoms with Gasteiger partial charge >= 0.3 is 6.09 Å². The average molecular weight is 454 g/mol. The number of amidine groups is 1. The predicted octanol–water partition coefficient (Wildman–Crippen LogP) is 5.33. The van der Waals surface area contributed by atoms with E-state index in [4.69, 9.17) is 0 Å². The maximum absolute atomic E-state index is 12.9. The first-order valence-electron chi connectivity index (χ1n) is 10.5. The summed E-state index contributed by atoms with van der Waals surface area (Å²) in [6, 6.07) is 14.0. The fourth-order valence-electron chi connectivity index (χ4n) is 3.62. The first kappa shape index (κ1) is 23.5. The molecule has 0 aromatic heterocycles. The van der Waals surface area contributed by atoms with Gasteiger partial charge in [0.25, 0.3) is 0 Å². The zero-order valence-corrected chi connectivity index (χ0v) is 19.0. The van der Waals surface area contributed by atoms with E-state index < -0.39 is 6.09 Å². The summed E-state index contributed by atoms with van der Waals surface area (Å²) in [5.41, 5.74) is 2.02. The molecular weight excluding hydrogens is 426 g/mol. The SMILES string of the molecule is COC(=O)N=C(Nc1cc(C(=O)c2ccccc2)ccc1NC(=O)C1CCCCC1)SC. The Morgan fingerprint density at radius 1 is 0.938 bits per heavy atom. The van der Waals surface area contributed by atoms with E-state index in [1.165, 1.54) is 18.9 Å². The first-order valence-corrected chi connectivity index (χ1v) is 11.8. The van der Waals surface area contributed by atoms with Crippen LogP contribution in [0.3, 0.4) is 0 Å². The van der Waals surface area contributed by atoms with Gasteiger partial charge in [-0.3, -0.25) is 9.59 Å². The van der Waals surface area contributed by atoms with Crippen LogP contribution in [0.15, 0.2) is 53.5 Å². The highest BCUT2D eigenvalue weighted by atomic mass is 32.2. The van der Waals surface area contributed by atoms with Crippen LogP contribution in [0, 0.1) is 5.92 Å². The summed E-state index contributed by atoms with van der Waals surface area (Å²) in [6.45, 7) is 0. The van der Waals surface area contributed by atoms with Crippen LogP contribution in [-0.2, 0) is 9.53 Å². The summed E-state index contributed by atoms with van der Waals surface area (Å²) in [5.74, 6) is -0.203. The molecule has 0 radical (unpaired) electrons. The molecule has 2 aromatic rings. The van der Waals surface area contributed by atoms with Crippen molar-refractivity contribution >= 4 is 46.1 Å². The van der Waals surface area contributed by atoms with Crippen LogP contribution in [0.5, 0.6) is 0 Å². The quantitative estimate of drug-likeness (QED) is 0.361. The van der Waals surface area contributed by atoms with Crippen LogP contribution in [0.25, 0.3) is 0 Å². The molecule has 0 unspecified atom stereocenters. The fraction of sp³-hybridized carbons (Fsp3) is 0.333. The van der Waals surface area contributed by atoms with Crippen LogP contribution in [0.1, 0.15) is 48.0 Å². The summed E-state index contributed by atoms with van der Waals surface area (Å²) in [7, 11) is 1.25. The van der Waals surface area contributed by atoms with Gasteiger partial charge in [0.05, 0.1) is 18.5 Å². The van der Waals surface area contributed by atoms with Crippen molar-refractivity contribution < 1.29 is 19.1 Å². The molecule has 8 heteroatoms. The largest absolute Gasteiger partial charge is 0.451 e. The average Bonchev–Trinajstić information content (AvgIpc) is 2.85. The van der Waals surface area contributed by atoms with Gasteiger partial charge in [-0.1, -0.05) is 61.4 Å². The third-order valence-corrected chi connectivity index (χ3v) is 5.93. The number of rotatable bonds is 5. The van der Waals surface area contributed by atoms with Crippen LogP contribution < -0.4 is 10.6 Å². The number of benzene rings is 2. The van der Waals surface area contributed by atoms with Crippen molar-refractivity contribution in [2.75, 3.05) is 24.0 Å². The minimum Gasteiger partial charge on any atom is -0.451 e. The number of hydrogen-bond donors (Lipinski definition) is 2. The molecule has 0 heterocycles. The Kier molecular flexibility index (Phi) is 8.44. The van der Waals surface area contributed by atoms with Gasteiger partial charge in [0.2, 0.25) is 5.91 Å². The molecule has 3 rings (SSSR count). The summed E-state index contributed by atoms with van der Waals surface area (Å²) in [4.78, 5) is 41.2. The maximum Gasteiger partial charge on any atom is 0.435 e. The van der Waals surface area contributed by atoms with Crippen LogP contribution in [-0.4, -0.2) is 36.3 Å². The van der Waals surface area contributed by atoms with E-state index >= 15 is 0 Å². The molecular formula is C24H27N3O4S. The molecule has 0 aliphatic heterocycles. The molecule has 1 aliphatic rings. The predicted molar refractivity (Wildman–Crippen MR) is 128 cm³/mol. The third-order valence-electron chi connectivity index (χ3n) is 5.35. The molecule has 2 amide bonds. The van der Waals surface area contributed by atoms with Gasteiger partial charge in [-0.2, -0.15) is 4.99 Å². The number of amides is 2. The fourth-order valence-corrected chi connectivity index (χ4v) is 4.00. The van der Waals surface area contributed by atoms with E-state index in [0.717, 1.165) is 32.1 Å². The Balaban J connectivity index is 1.92. The molecule has 2 N–H and O–H groups in total. The minimum atomic E-state index is -0.744. The van der Waals surface area contributed by atoms with Gasteiger partial charge in [0.1, 0.15) is 0 Å². The van der Waals surface area contributed by atoms with Crippen molar-refractivity contribution in [2.45, 2.75) is 32.1 Å². The molecule has 0 bridgehead atoms. The second kappa shape index (κ2) is 11.5. The highest BCUT2D eigenvalue weighted by Crippen LogP contribution is 2.29. The van der Waals surface area contributed by atoms with E-state index in [9.17, 15) is 14.4 Å². The number of methoxy groups -OCH3 is 1. The van der Waals surface area contributed by atoms with Crippen molar-refractivity contribution in [1.82, 2.24) is 0 Å². The van der Waals surface area contributed by atoms with Gasteiger partial charge in [0, 0.05) is 17.0 Å². The highest BCUT2D eigenvalue weighted by Gasteiger charge is 2.22. The molecule has 168 valence electrons. The maximum atomic E-state index is 12.9. The van der Waals surface area contributed by atoms with E-state index in [-0.39, 0.29) is 22.8 Å². The lowest BCUT2D eigenvalue weighted by atomic mass is 9.88. The van der Waals surface area contributed by atoms with E-state index in [1.54, 1.807) is 48.7 Å². The summed E-state index contributed by atoms with van der Waals surface area (Å²) in [6.07, 6.45) is 6.03. The van der Waals surface area contributed by atoms with Crippen molar-refractivity contribution in [1.29, 1.82) is 0 Å². The number of aliphatic imine (C=N–C) groups is 1. The molecule has 2 aromatic carbocycles. The monoisotopic (exact) mass is 453 g/mol. The second-order valence-corrected chi connectivity index (χ2v) is 8.29. The molecule has 32 heavy (non-hydrogen) atoms.